The minimum Gasteiger partial charge on any atom is -0.331 e. The van der Waals surface area contributed by atoms with Crippen molar-refractivity contribution in [1.82, 2.24) is 15.6 Å². The number of aromatic nitrogens is 1. The fraction of sp³-hybridized carbons (Fsp3) is 0.235. The molecule has 0 saturated heterocycles. The Bertz CT molecular complexity index is 752. The molecule has 124 valence electrons. The van der Waals surface area contributed by atoms with E-state index in [0.29, 0.717) is 12.1 Å². The van der Waals surface area contributed by atoms with Crippen molar-refractivity contribution in [2.24, 2.45) is 0 Å². The van der Waals surface area contributed by atoms with Gasteiger partial charge in [0.2, 0.25) is 5.91 Å². The Labute approximate surface area is 138 Å². The van der Waals surface area contributed by atoms with E-state index >= 15 is 0 Å². The van der Waals surface area contributed by atoms with Crippen molar-refractivity contribution in [3.8, 4) is 0 Å². The van der Waals surface area contributed by atoms with Gasteiger partial charge >= 0.3 is 6.03 Å². The lowest BCUT2D eigenvalue weighted by molar-refractivity contribution is -0.115. The molecule has 1 aliphatic carbocycles. The third-order valence-electron chi connectivity index (χ3n) is 3.84. The Morgan fingerprint density at radius 3 is 2.96 bits per heavy atom. The summed E-state index contributed by atoms with van der Waals surface area (Å²) in [6, 6.07) is 7.39. The summed E-state index contributed by atoms with van der Waals surface area (Å²) >= 11 is 0. The number of benzene rings is 1. The number of pyridine rings is 1. The number of hydrogen-bond acceptors (Lipinski definition) is 3. The molecule has 1 aromatic carbocycles. The van der Waals surface area contributed by atoms with Gasteiger partial charge in [-0.15, -0.1) is 0 Å². The van der Waals surface area contributed by atoms with Crippen LogP contribution in [0.1, 0.15) is 23.6 Å². The largest absolute Gasteiger partial charge is 0.331 e. The number of fused-ring (bicyclic) bond motifs is 1. The Hall–Kier alpha value is -2.96. The summed E-state index contributed by atoms with van der Waals surface area (Å²) < 4.78 is 13.2. The smallest absolute Gasteiger partial charge is 0.315 e. The zero-order valence-electron chi connectivity index (χ0n) is 12.9. The van der Waals surface area contributed by atoms with E-state index in [1.54, 1.807) is 24.4 Å². The zero-order valence-corrected chi connectivity index (χ0v) is 12.9. The summed E-state index contributed by atoms with van der Waals surface area (Å²) in [5, 5.41) is 7.95. The molecule has 3 N–H and O–H groups in total. The number of amides is 3. The number of halogens is 1. The number of anilines is 1. The van der Waals surface area contributed by atoms with Crippen LogP contribution in [0.2, 0.25) is 0 Å². The van der Waals surface area contributed by atoms with Crippen molar-refractivity contribution in [1.29, 1.82) is 0 Å². The molecule has 0 spiro atoms. The summed E-state index contributed by atoms with van der Waals surface area (Å²) in [5.74, 6) is -0.613. The molecule has 2 aromatic rings. The number of aryl methyl sites for hydroxylation is 1. The maximum absolute atomic E-state index is 13.2. The van der Waals surface area contributed by atoms with Crippen molar-refractivity contribution in [2.75, 3.05) is 11.9 Å². The molecule has 1 aliphatic rings. The number of rotatable bonds is 4. The number of carbonyl (C=O) groups is 2. The van der Waals surface area contributed by atoms with Gasteiger partial charge in [0.25, 0.3) is 0 Å². The maximum Gasteiger partial charge on any atom is 0.315 e. The molecule has 24 heavy (non-hydrogen) atoms. The maximum atomic E-state index is 13.2. The molecule has 1 unspecified atom stereocenters. The van der Waals surface area contributed by atoms with Crippen LogP contribution < -0.4 is 16.0 Å². The molecule has 0 bridgehead atoms. The normalized spacial score (nSPS) is 15.5. The van der Waals surface area contributed by atoms with Crippen LogP contribution in [0.25, 0.3) is 0 Å². The standard InChI is InChI=1S/C17H17FN4O2/c18-12-4-5-14-11(8-12)3-6-15(14)22-17(24)20-10-16(23)21-13-2-1-7-19-9-13/h1-2,4-5,7-9,15H,3,6,10H2,(H,21,23)(H2,20,22,24). The molecular formula is C17H17FN4O2. The van der Waals surface area contributed by atoms with Crippen LogP contribution in [-0.4, -0.2) is 23.5 Å². The number of nitrogens with zero attached hydrogens (tertiary/aromatic N) is 1. The molecule has 0 aliphatic heterocycles. The zero-order chi connectivity index (χ0) is 16.9. The fourth-order valence-corrected chi connectivity index (χ4v) is 2.75. The van der Waals surface area contributed by atoms with Crippen molar-refractivity contribution in [2.45, 2.75) is 18.9 Å². The molecule has 3 rings (SSSR count). The third kappa shape index (κ3) is 3.87. The highest BCUT2D eigenvalue weighted by Crippen LogP contribution is 2.31. The van der Waals surface area contributed by atoms with E-state index in [2.05, 4.69) is 20.9 Å². The number of hydrogen-bond donors (Lipinski definition) is 3. The van der Waals surface area contributed by atoms with Crippen LogP contribution in [0.15, 0.2) is 42.7 Å². The molecule has 1 atom stereocenters. The van der Waals surface area contributed by atoms with Gasteiger partial charge in [-0.25, -0.2) is 9.18 Å². The highest BCUT2D eigenvalue weighted by Gasteiger charge is 2.24. The van der Waals surface area contributed by atoms with Gasteiger partial charge < -0.3 is 16.0 Å². The van der Waals surface area contributed by atoms with Gasteiger partial charge in [0.05, 0.1) is 24.5 Å². The second kappa shape index (κ2) is 7.08. The van der Waals surface area contributed by atoms with Crippen molar-refractivity contribution in [3.05, 3.63) is 59.7 Å². The predicted octanol–water partition coefficient (Wildman–Crippen LogP) is 2.15. The first-order chi connectivity index (χ1) is 11.6. The summed E-state index contributed by atoms with van der Waals surface area (Å²) in [6.45, 7) is -0.149. The number of urea groups is 1. The van der Waals surface area contributed by atoms with Gasteiger partial charge in [-0.05, 0) is 48.2 Å². The van der Waals surface area contributed by atoms with E-state index in [9.17, 15) is 14.0 Å². The minimum absolute atomic E-state index is 0.149. The Kier molecular flexibility index (Phi) is 4.69. The Balaban J connectivity index is 1.48. The molecule has 1 heterocycles. The van der Waals surface area contributed by atoms with Gasteiger partial charge in [0.1, 0.15) is 5.82 Å². The van der Waals surface area contributed by atoms with Gasteiger partial charge in [-0.3, -0.25) is 9.78 Å². The van der Waals surface area contributed by atoms with E-state index in [-0.39, 0.29) is 24.3 Å². The molecule has 0 radical (unpaired) electrons. The quantitative estimate of drug-likeness (QED) is 0.804. The Morgan fingerprint density at radius 2 is 2.17 bits per heavy atom. The number of carbonyl (C=O) groups excluding carboxylic acids is 2. The monoisotopic (exact) mass is 328 g/mol. The third-order valence-corrected chi connectivity index (χ3v) is 3.84. The van der Waals surface area contributed by atoms with Crippen LogP contribution in [0.5, 0.6) is 0 Å². The van der Waals surface area contributed by atoms with Crippen molar-refractivity contribution >= 4 is 17.6 Å². The molecule has 0 saturated carbocycles. The average molecular weight is 328 g/mol. The first kappa shape index (κ1) is 15.9. The lowest BCUT2D eigenvalue weighted by atomic mass is 10.1. The number of nitrogens with one attached hydrogen (secondary N) is 3. The first-order valence-electron chi connectivity index (χ1n) is 7.64. The van der Waals surface area contributed by atoms with Gasteiger partial charge in [-0.2, -0.15) is 0 Å². The Morgan fingerprint density at radius 1 is 1.29 bits per heavy atom. The van der Waals surface area contributed by atoms with E-state index in [1.165, 1.54) is 18.3 Å². The van der Waals surface area contributed by atoms with E-state index in [0.717, 1.165) is 17.5 Å². The summed E-state index contributed by atoms with van der Waals surface area (Å²) in [4.78, 5) is 27.6. The van der Waals surface area contributed by atoms with Crippen LogP contribution >= 0.6 is 0 Å². The lowest BCUT2D eigenvalue weighted by Crippen LogP contribution is -2.41. The highest BCUT2D eigenvalue weighted by molar-refractivity contribution is 5.94. The summed E-state index contributed by atoms with van der Waals surface area (Å²) in [7, 11) is 0. The van der Waals surface area contributed by atoms with Crippen LogP contribution in [0.4, 0.5) is 14.9 Å². The van der Waals surface area contributed by atoms with Crippen molar-refractivity contribution in [3.63, 3.8) is 0 Å². The van der Waals surface area contributed by atoms with Gasteiger partial charge in [0.15, 0.2) is 0 Å². The minimum atomic E-state index is -0.432. The average Bonchev–Trinajstić information content (AvgIpc) is 2.96. The summed E-state index contributed by atoms with van der Waals surface area (Å²) in [5.41, 5.74) is 2.40. The molecule has 3 amide bonds. The molecule has 1 aromatic heterocycles. The SMILES string of the molecule is O=C(CNC(=O)NC1CCc2cc(F)ccc21)Nc1cccnc1. The second-order valence-electron chi connectivity index (χ2n) is 5.55. The lowest BCUT2D eigenvalue weighted by Gasteiger charge is -2.15. The molecular weight excluding hydrogens is 311 g/mol. The van der Waals surface area contributed by atoms with Gasteiger partial charge in [-0.1, -0.05) is 6.07 Å². The molecule has 7 heteroatoms. The van der Waals surface area contributed by atoms with E-state index in [1.807, 2.05) is 0 Å². The highest BCUT2D eigenvalue weighted by atomic mass is 19.1. The topological polar surface area (TPSA) is 83.1 Å². The van der Waals surface area contributed by atoms with Gasteiger partial charge in [0, 0.05) is 6.20 Å². The predicted molar refractivity (Wildman–Crippen MR) is 86.9 cm³/mol. The van der Waals surface area contributed by atoms with Crippen molar-refractivity contribution < 1.29 is 14.0 Å². The van der Waals surface area contributed by atoms with Crippen LogP contribution in [-0.2, 0) is 11.2 Å². The van der Waals surface area contributed by atoms with Crippen LogP contribution in [0.3, 0.4) is 0 Å². The summed E-state index contributed by atoms with van der Waals surface area (Å²) in [6.07, 6.45) is 4.56. The molecule has 0 fully saturated rings. The first-order valence-corrected chi connectivity index (χ1v) is 7.64. The van der Waals surface area contributed by atoms with Crippen LogP contribution in [0, 0.1) is 5.82 Å². The van der Waals surface area contributed by atoms with E-state index < -0.39 is 6.03 Å². The fourth-order valence-electron chi connectivity index (χ4n) is 2.75. The molecule has 6 nitrogen and oxygen atoms in total. The second-order valence-corrected chi connectivity index (χ2v) is 5.55. The van der Waals surface area contributed by atoms with E-state index in [4.69, 9.17) is 0 Å².